The highest BCUT2D eigenvalue weighted by molar-refractivity contribution is 5.94. The molecule has 1 atom stereocenters. The zero-order valence-electron chi connectivity index (χ0n) is 14.2. The quantitative estimate of drug-likeness (QED) is 0.848. The van der Waals surface area contributed by atoms with Gasteiger partial charge in [0.05, 0.1) is 6.54 Å². The molecule has 25 heavy (non-hydrogen) atoms. The Morgan fingerprint density at radius 3 is 2.68 bits per heavy atom. The van der Waals surface area contributed by atoms with Crippen molar-refractivity contribution in [3.8, 4) is 17.2 Å². The molecule has 2 aliphatic heterocycles. The van der Waals surface area contributed by atoms with E-state index in [0.717, 1.165) is 0 Å². The van der Waals surface area contributed by atoms with Crippen LogP contribution in [-0.2, 0) is 9.59 Å². The Labute approximate surface area is 145 Å². The second kappa shape index (κ2) is 7.04. The summed E-state index contributed by atoms with van der Waals surface area (Å²) in [5, 5.41) is 9.42. The first-order chi connectivity index (χ1) is 11.9. The van der Waals surface area contributed by atoms with Gasteiger partial charge < -0.3 is 24.2 Å². The Balaban J connectivity index is 1.69. The van der Waals surface area contributed by atoms with Crippen LogP contribution in [0.3, 0.4) is 0 Å². The van der Waals surface area contributed by atoms with Crippen LogP contribution in [0.5, 0.6) is 17.2 Å². The van der Waals surface area contributed by atoms with Crippen molar-refractivity contribution in [2.45, 2.75) is 26.3 Å². The number of aliphatic carboxylic acids is 1. The van der Waals surface area contributed by atoms with Crippen molar-refractivity contribution < 1.29 is 28.9 Å². The van der Waals surface area contributed by atoms with Gasteiger partial charge in [0, 0.05) is 12.1 Å². The van der Waals surface area contributed by atoms with E-state index < -0.39 is 12.0 Å². The summed E-state index contributed by atoms with van der Waals surface area (Å²) in [6.45, 7) is 4.97. The number of carboxylic acid groups (broad SMARTS) is 1. The zero-order chi connectivity index (χ0) is 18.0. The summed E-state index contributed by atoms with van der Waals surface area (Å²) in [4.78, 5) is 25.0. The van der Waals surface area contributed by atoms with Gasteiger partial charge in [0.1, 0.15) is 30.8 Å². The highest BCUT2D eigenvalue weighted by Crippen LogP contribution is 2.34. The number of carbonyl (C=O) groups is 2. The number of ether oxygens (including phenoxy) is 3. The minimum atomic E-state index is -1.00. The highest BCUT2D eigenvalue weighted by atomic mass is 16.6. The average molecular weight is 347 g/mol. The number of hydrogen-bond donors (Lipinski definition) is 1. The summed E-state index contributed by atoms with van der Waals surface area (Å²) in [7, 11) is 0. The number of carboxylic acids is 1. The fourth-order valence-corrected chi connectivity index (χ4v) is 2.88. The van der Waals surface area contributed by atoms with Crippen LogP contribution < -0.4 is 14.2 Å². The molecule has 0 saturated carbocycles. The molecule has 1 N–H and O–H groups in total. The van der Waals surface area contributed by atoms with Crippen molar-refractivity contribution in [1.82, 2.24) is 4.90 Å². The van der Waals surface area contributed by atoms with Gasteiger partial charge in [-0.1, -0.05) is 13.8 Å². The Kier molecular flexibility index (Phi) is 4.83. The van der Waals surface area contributed by atoms with Gasteiger partial charge in [-0.3, -0.25) is 4.79 Å². The van der Waals surface area contributed by atoms with E-state index in [0.29, 0.717) is 42.6 Å². The van der Waals surface area contributed by atoms with E-state index in [1.807, 2.05) is 13.8 Å². The molecule has 0 aromatic heterocycles. The molecule has 3 rings (SSSR count). The Bertz CT molecular complexity index is 712. The Morgan fingerprint density at radius 2 is 2.00 bits per heavy atom. The molecule has 1 amide bonds. The van der Waals surface area contributed by atoms with Gasteiger partial charge >= 0.3 is 5.97 Å². The van der Waals surface area contributed by atoms with Crippen LogP contribution >= 0.6 is 0 Å². The van der Waals surface area contributed by atoms with E-state index in [1.54, 1.807) is 18.2 Å². The molecule has 1 aromatic rings. The third-order valence-electron chi connectivity index (χ3n) is 4.01. The lowest BCUT2D eigenvalue weighted by Gasteiger charge is -2.26. The minimum absolute atomic E-state index is 0.136. The second-order valence-corrected chi connectivity index (χ2v) is 6.47. The standard InChI is InChI=1S/C18H21NO6/c1-11(2)7-14(18(21)22)19-10-13(9-17(19)20)25-12-3-4-15-16(8-12)24-6-5-23-15/h3-4,8-9,11,14H,5-7,10H2,1-2H3,(H,21,22). The second-order valence-electron chi connectivity index (χ2n) is 6.47. The fourth-order valence-electron chi connectivity index (χ4n) is 2.88. The molecular weight excluding hydrogens is 326 g/mol. The molecule has 0 spiro atoms. The normalized spacial score (nSPS) is 17.5. The molecule has 7 nitrogen and oxygen atoms in total. The maximum Gasteiger partial charge on any atom is 0.326 e. The van der Waals surface area contributed by atoms with Crippen LogP contribution in [-0.4, -0.2) is 47.7 Å². The summed E-state index contributed by atoms with van der Waals surface area (Å²) >= 11 is 0. The van der Waals surface area contributed by atoms with E-state index in [1.165, 1.54) is 11.0 Å². The van der Waals surface area contributed by atoms with Gasteiger partial charge in [0.25, 0.3) is 5.91 Å². The van der Waals surface area contributed by atoms with Crippen LogP contribution in [0.15, 0.2) is 30.0 Å². The number of carbonyl (C=O) groups excluding carboxylic acids is 1. The summed E-state index contributed by atoms with van der Waals surface area (Å²) in [5.74, 6) is 0.985. The predicted octanol–water partition coefficient (Wildman–Crippen LogP) is 2.06. The molecular formula is C18H21NO6. The smallest absolute Gasteiger partial charge is 0.326 e. The number of hydrogen-bond acceptors (Lipinski definition) is 5. The molecule has 2 heterocycles. The van der Waals surface area contributed by atoms with Gasteiger partial charge in [0.15, 0.2) is 11.5 Å². The first-order valence-electron chi connectivity index (χ1n) is 8.25. The van der Waals surface area contributed by atoms with Gasteiger partial charge in [-0.2, -0.15) is 0 Å². The monoisotopic (exact) mass is 347 g/mol. The van der Waals surface area contributed by atoms with E-state index >= 15 is 0 Å². The Morgan fingerprint density at radius 1 is 1.28 bits per heavy atom. The SMILES string of the molecule is CC(C)CC(C(=O)O)N1CC(Oc2ccc3c(c2)OCCO3)=CC1=O. The van der Waals surface area contributed by atoms with Gasteiger partial charge in [-0.05, 0) is 24.5 Å². The van der Waals surface area contributed by atoms with Crippen molar-refractivity contribution in [1.29, 1.82) is 0 Å². The summed E-state index contributed by atoms with van der Waals surface area (Å²) < 4.78 is 16.7. The zero-order valence-corrected chi connectivity index (χ0v) is 14.2. The van der Waals surface area contributed by atoms with Crippen molar-refractivity contribution in [3.63, 3.8) is 0 Å². The minimum Gasteiger partial charge on any atom is -0.486 e. The molecule has 0 saturated heterocycles. The van der Waals surface area contributed by atoms with Gasteiger partial charge in [-0.25, -0.2) is 4.79 Å². The third kappa shape index (κ3) is 3.87. The van der Waals surface area contributed by atoms with Crippen LogP contribution in [0.2, 0.25) is 0 Å². The van der Waals surface area contributed by atoms with Crippen LogP contribution in [0.25, 0.3) is 0 Å². The predicted molar refractivity (Wildman–Crippen MR) is 88.7 cm³/mol. The molecule has 1 unspecified atom stereocenters. The molecule has 0 bridgehead atoms. The van der Waals surface area contributed by atoms with Crippen molar-refractivity contribution in [2.75, 3.05) is 19.8 Å². The van der Waals surface area contributed by atoms with Crippen LogP contribution in [0.1, 0.15) is 20.3 Å². The topological polar surface area (TPSA) is 85.3 Å². The van der Waals surface area contributed by atoms with E-state index in [9.17, 15) is 14.7 Å². The molecule has 1 aromatic carbocycles. The highest BCUT2D eigenvalue weighted by Gasteiger charge is 2.34. The lowest BCUT2D eigenvalue weighted by molar-refractivity contribution is -0.148. The maximum atomic E-state index is 12.2. The van der Waals surface area contributed by atoms with Crippen molar-refractivity contribution >= 4 is 11.9 Å². The number of amides is 1. The summed E-state index contributed by atoms with van der Waals surface area (Å²) in [6, 6.07) is 4.32. The fraction of sp³-hybridized carbons (Fsp3) is 0.444. The first-order valence-corrected chi connectivity index (χ1v) is 8.25. The molecule has 7 heteroatoms. The lowest BCUT2D eigenvalue weighted by atomic mass is 10.0. The number of rotatable bonds is 6. The van der Waals surface area contributed by atoms with Gasteiger partial charge in [-0.15, -0.1) is 0 Å². The molecule has 0 radical (unpaired) electrons. The molecule has 2 aliphatic rings. The number of benzene rings is 1. The van der Waals surface area contributed by atoms with E-state index in [2.05, 4.69) is 0 Å². The van der Waals surface area contributed by atoms with Gasteiger partial charge in [0.2, 0.25) is 0 Å². The lowest BCUT2D eigenvalue weighted by Crippen LogP contribution is -2.43. The van der Waals surface area contributed by atoms with Crippen molar-refractivity contribution in [2.24, 2.45) is 5.92 Å². The van der Waals surface area contributed by atoms with Crippen LogP contribution in [0, 0.1) is 5.92 Å². The number of fused-ring (bicyclic) bond motifs is 1. The largest absolute Gasteiger partial charge is 0.486 e. The number of nitrogens with zero attached hydrogens (tertiary/aromatic N) is 1. The average Bonchev–Trinajstić information content (AvgIpc) is 2.92. The van der Waals surface area contributed by atoms with E-state index in [4.69, 9.17) is 14.2 Å². The molecule has 0 fully saturated rings. The van der Waals surface area contributed by atoms with Crippen LogP contribution in [0.4, 0.5) is 0 Å². The van der Waals surface area contributed by atoms with Crippen molar-refractivity contribution in [3.05, 3.63) is 30.0 Å². The molecule has 0 aliphatic carbocycles. The third-order valence-corrected chi connectivity index (χ3v) is 4.01. The molecule has 134 valence electrons. The summed E-state index contributed by atoms with van der Waals surface area (Å²) in [5.41, 5.74) is 0. The Hall–Kier alpha value is -2.70. The maximum absolute atomic E-state index is 12.2. The summed E-state index contributed by atoms with van der Waals surface area (Å²) in [6.07, 6.45) is 1.74. The first kappa shape index (κ1) is 17.1. The van der Waals surface area contributed by atoms with E-state index in [-0.39, 0.29) is 18.4 Å².